The average molecular weight is 241 g/mol. The standard InChI is InChI=1S/C11H19N3OS/c1-10(15)2-4-13-5-7-14(8-6-13)11-12-3-9-16-11/h3,9-10,15H,2,4-8H2,1H3. The number of hydrogen-bond acceptors (Lipinski definition) is 5. The van der Waals surface area contributed by atoms with Gasteiger partial charge in [0, 0.05) is 44.3 Å². The monoisotopic (exact) mass is 241 g/mol. The summed E-state index contributed by atoms with van der Waals surface area (Å²) in [5.74, 6) is 0. The van der Waals surface area contributed by atoms with E-state index in [9.17, 15) is 5.11 Å². The zero-order valence-electron chi connectivity index (χ0n) is 9.67. The summed E-state index contributed by atoms with van der Waals surface area (Å²) >= 11 is 1.71. The first-order chi connectivity index (χ1) is 7.75. The van der Waals surface area contributed by atoms with Crippen LogP contribution in [0.1, 0.15) is 13.3 Å². The van der Waals surface area contributed by atoms with Crippen molar-refractivity contribution >= 4 is 16.5 Å². The molecule has 90 valence electrons. The number of piperazine rings is 1. The van der Waals surface area contributed by atoms with Gasteiger partial charge in [0.2, 0.25) is 0 Å². The van der Waals surface area contributed by atoms with Crippen molar-refractivity contribution in [1.29, 1.82) is 0 Å². The summed E-state index contributed by atoms with van der Waals surface area (Å²) in [4.78, 5) is 9.08. The number of nitrogens with zero attached hydrogens (tertiary/aromatic N) is 3. The van der Waals surface area contributed by atoms with Crippen LogP contribution in [0.5, 0.6) is 0 Å². The molecule has 1 saturated heterocycles. The molecule has 2 heterocycles. The predicted molar refractivity (Wildman–Crippen MR) is 67.1 cm³/mol. The van der Waals surface area contributed by atoms with E-state index in [-0.39, 0.29) is 6.10 Å². The molecule has 1 aliphatic rings. The molecule has 5 heteroatoms. The molecule has 2 rings (SSSR count). The van der Waals surface area contributed by atoms with E-state index < -0.39 is 0 Å². The van der Waals surface area contributed by atoms with Gasteiger partial charge in [-0.2, -0.15) is 0 Å². The Morgan fingerprint density at radius 2 is 2.19 bits per heavy atom. The number of rotatable bonds is 4. The quantitative estimate of drug-likeness (QED) is 0.855. The van der Waals surface area contributed by atoms with Gasteiger partial charge >= 0.3 is 0 Å². The highest BCUT2D eigenvalue weighted by Crippen LogP contribution is 2.18. The van der Waals surface area contributed by atoms with E-state index >= 15 is 0 Å². The SMILES string of the molecule is CC(O)CCN1CCN(c2nccs2)CC1. The van der Waals surface area contributed by atoms with Crippen molar-refractivity contribution < 1.29 is 5.11 Å². The molecule has 0 aliphatic carbocycles. The van der Waals surface area contributed by atoms with E-state index in [4.69, 9.17) is 0 Å². The molecule has 0 bridgehead atoms. The molecule has 1 fully saturated rings. The van der Waals surface area contributed by atoms with Gasteiger partial charge < -0.3 is 10.0 Å². The predicted octanol–water partition coefficient (Wildman–Crippen LogP) is 1.04. The molecule has 1 aromatic heterocycles. The molecule has 1 aromatic rings. The molecule has 1 N–H and O–H groups in total. The van der Waals surface area contributed by atoms with E-state index in [0.717, 1.165) is 44.3 Å². The van der Waals surface area contributed by atoms with Gasteiger partial charge in [0.25, 0.3) is 0 Å². The lowest BCUT2D eigenvalue weighted by Crippen LogP contribution is -2.47. The summed E-state index contributed by atoms with van der Waals surface area (Å²) < 4.78 is 0. The largest absolute Gasteiger partial charge is 0.393 e. The molecule has 0 amide bonds. The third-order valence-corrected chi connectivity index (χ3v) is 3.76. The second-order valence-corrected chi connectivity index (χ2v) is 5.15. The maximum Gasteiger partial charge on any atom is 0.185 e. The Balaban J connectivity index is 1.74. The van der Waals surface area contributed by atoms with Crippen molar-refractivity contribution in [3.63, 3.8) is 0 Å². The minimum atomic E-state index is -0.183. The molecule has 0 aromatic carbocycles. The van der Waals surface area contributed by atoms with Crippen LogP contribution in [0, 0.1) is 0 Å². The summed E-state index contributed by atoms with van der Waals surface area (Å²) in [6, 6.07) is 0. The Hall–Kier alpha value is -0.650. The first-order valence-electron chi connectivity index (χ1n) is 5.80. The van der Waals surface area contributed by atoms with Crippen molar-refractivity contribution in [2.24, 2.45) is 0 Å². The van der Waals surface area contributed by atoms with Crippen molar-refractivity contribution in [3.05, 3.63) is 11.6 Å². The van der Waals surface area contributed by atoms with Crippen LogP contribution in [0.4, 0.5) is 5.13 Å². The zero-order chi connectivity index (χ0) is 11.4. The van der Waals surface area contributed by atoms with Crippen LogP contribution in [0.3, 0.4) is 0 Å². The lowest BCUT2D eigenvalue weighted by Gasteiger charge is -2.34. The van der Waals surface area contributed by atoms with Gasteiger partial charge in [0.05, 0.1) is 6.10 Å². The van der Waals surface area contributed by atoms with E-state index in [0.29, 0.717) is 0 Å². The van der Waals surface area contributed by atoms with Gasteiger partial charge in [-0.1, -0.05) is 0 Å². The fourth-order valence-electron chi connectivity index (χ4n) is 1.90. The van der Waals surface area contributed by atoms with Crippen molar-refractivity contribution in [2.45, 2.75) is 19.4 Å². The minimum absolute atomic E-state index is 0.183. The molecule has 0 radical (unpaired) electrons. The van der Waals surface area contributed by atoms with Crippen LogP contribution in [0.15, 0.2) is 11.6 Å². The molecule has 16 heavy (non-hydrogen) atoms. The highest BCUT2D eigenvalue weighted by molar-refractivity contribution is 7.13. The summed E-state index contributed by atoms with van der Waals surface area (Å²) in [5.41, 5.74) is 0. The fourth-order valence-corrected chi connectivity index (χ4v) is 2.60. The number of aliphatic hydroxyl groups excluding tert-OH is 1. The molecule has 1 atom stereocenters. The molecule has 0 spiro atoms. The van der Waals surface area contributed by atoms with E-state index in [1.165, 1.54) is 0 Å². The fraction of sp³-hybridized carbons (Fsp3) is 0.727. The minimum Gasteiger partial charge on any atom is -0.393 e. The smallest absolute Gasteiger partial charge is 0.185 e. The first kappa shape index (κ1) is 11.8. The Morgan fingerprint density at radius 1 is 1.44 bits per heavy atom. The van der Waals surface area contributed by atoms with E-state index in [2.05, 4.69) is 14.8 Å². The Labute approximate surface area is 101 Å². The molecular weight excluding hydrogens is 222 g/mol. The summed E-state index contributed by atoms with van der Waals surface area (Å²) in [6.07, 6.45) is 2.55. The zero-order valence-corrected chi connectivity index (χ0v) is 10.5. The van der Waals surface area contributed by atoms with E-state index in [1.54, 1.807) is 11.3 Å². The average Bonchev–Trinajstić information content (AvgIpc) is 2.80. The number of anilines is 1. The maximum atomic E-state index is 9.24. The highest BCUT2D eigenvalue weighted by Gasteiger charge is 2.18. The Bertz CT molecular complexity index is 294. The summed E-state index contributed by atoms with van der Waals surface area (Å²) in [7, 11) is 0. The normalized spacial score (nSPS) is 20.0. The third-order valence-electron chi connectivity index (χ3n) is 2.93. The summed E-state index contributed by atoms with van der Waals surface area (Å²) in [5, 5.41) is 12.4. The highest BCUT2D eigenvalue weighted by atomic mass is 32.1. The van der Waals surface area contributed by atoms with Gasteiger partial charge in [-0.05, 0) is 13.3 Å². The Kier molecular flexibility index (Phi) is 4.15. The number of aliphatic hydroxyl groups is 1. The van der Waals surface area contributed by atoms with Crippen LogP contribution in [0.25, 0.3) is 0 Å². The second kappa shape index (κ2) is 5.61. The number of aromatic nitrogens is 1. The second-order valence-electron chi connectivity index (χ2n) is 4.28. The Morgan fingerprint density at radius 3 is 2.75 bits per heavy atom. The van der Waals surface area contributed by atoms with Crippen LogP contribution in [0.2, 0.25) is 0 Å². The third kappa shape index (κ3) is 3.17. The van der Waals surface area contributed by atoms with Crippen LogP contribution in [-0.2, 0) is 0 Å². The molecular formula is C11H19N3OS. The van der Waals surface area contributed by atoms with Gasteiger partial charge in [-0.15, -0.1) is 11.3 Å². The van der Waals surface area contributed by atoms with E-state index in [1.807, 2.05) is 18.5 Å². The van der Waals surface area contributed by atoms with Crippen molar-refractivity contribution in [3.8, 4) is 0 Å². The number of thiazole rings is 1. The molecule has 4 nitrogen and oxygen atoms in total. The van der Waals surface area contributed by atoms with Crippen molar-refractivity contribution in [1.82, 2.24) is 9.88 Å². The van der Waals surface area contributed by atoms with Gasteiger partial charge in [-0.3, -0.25) is 4.90 Å². The topological polar surface area (TPSA) is 39.6 Å². The van der Waals surface area contributed by atoms with Gasteiger partial charge in [0.1, 0.15) is 0 Å². The molecule has 1 unspecified atom stereocenters. The van der Waals surface area contributed by atoms with Crippen LogP contribution < -0.4 is 4.90 Å². The van der Waals surface area contributed by atoms with Crippen LogP contribution in [-0.4, -0.2) is 53.8 Å². The number of hydrogen-bond donors (Lipinski definition) is 1. The lowest BCUT2D eigenvalue weighted by atomic mass is 10.2. The van der Waals surface area contributed by atoms with Crippen molar-refractivity contribution in [2.75, 3.05) is 37.6 Å². The van der Waals surface area contributed by atoms with Crippen LogP contribution >= 0.6 is 11.3 Å². The maximum absolute atomic E-state index is 9.24. The first-order valence-corrected chi connectivity index (χ1v) is 6.68. The molecule has 0 saturated carbocycles. The van der Waals surface area contributed by atoms with Gasteiger partial charge in [0.15, 0.2) is 5.13 Å². The lowest BCUT2D eigenvalue weighted by molar-refractivity contribution is 0.153. The van der Waals surface area contributed by atoms with Gasteiger partial charge in [-0.25, -0.2) is 4.98 Å². The molecule has 1 aliphatic heterocycles. The summed E-state index contributed by atoms with van der Waals surface area (Å²) in [6.45, 7) is 7.11.